The van der Waals surface area contributed by atoms with Crippen molar-refractivity contribution in [3.05, 3.63) is 65.7 Å². The molecule has 1 aromatic heterocycles. The Morgan fingerprint density at radius 2 is 1.92 bits per heavy atom. The van der Waals surface area contributed by atoms with Crippen LogP contribution < -0.4 is 5.32 Å². The topological polar surface area (TPSA) is 82.5 Å². The zero-order chi connectivity index (χ0) is 18.8. The molecule has 0 saturated carbocycles. The van der Waals surface area contributed by atoms with E-state index in [1.54, 1.807) is 23.2 Å². The first-order chi connectivity index (χ1) is 12.5. The number of carboxylic acid groups (broad SMARTS) is 1. The SMILES string of the molecule is O=C(O)CCCNC(=O)N(CCc1ccccn1)Cc1ccc(F)cc1. The number of carboxylic acids is 1. The van der Waals surface area contributed by atoms with Gasteiger partial charge in [0.05, 0.1) is 0 Å². The average molecular weight is 359 g/mol. The molecule has 1 aromatic carbocycles. The van der Waals surface area contributed by atoms with Crippen LogP contribution in [-0.4, -0.2) is 40.1 Å². The monoisotopic (exact) mass is 359 g/mol. The number of benzene rings is 1. The summed E-state index contributed by atoms with van der Waals surface area (Å²) in [6.07, 6.45) is 2.66. The van der Waals surface area contributed by atoms with Gasteiger partial charge in [0, 0.05) is 44.4 Å². The lowest BCUT2D eigenvalue weighted by molar-refractivity contribution is -0.137. The van der Waals surface area contributed by atoms with Gasteiger partial charge >= 0.3 is 12.0 Å². The third-order valence-corrected chi connectivity index (χ3v) is 3.78. The predicted octanol–water partition coefficient (Wildman–Crippen LogP) is 2.84. The number of carbonyl (C=O) groups is 2. The molecule has 6 nitrogen and oxygen atoms in total. The summed E-state index contributed by atoms with van der Waals surface area (Å²) < 4.78 is 13.1. The van der Waals surface area contributed by atoms with E-state index in [4.69, 9.17) is 5.11 Å². The molecule has 2 amide bonds. The van der Waals surface area contributed by atoms with Gasteiger partial charge in [0.25, 0.3) is 0 Å². The molecule has 0 aliphatic carbocycles. The number of amides is 2. The average Bonchev–Trinajstić information content (AvgIpc) is 2.64. The second-order valence-corrected chi connectivity index (χ2v) is 5.85. The molecule has 0 atom stereocenters. The first kappa shape index (κ1) is 19.4. The maximum atomic E-state index is 13.1. The van der Waals surface area contributed by atoms with Crippen molar-refractivity contribution >= 4 is 12.0 Å². The predicted molar refractivity (Wildman–Crippen MR) is 95.0 cm³/mol. The van der Waals surface area contributed by atoms with Crippen molar-refractivity contribution in [3.8, 4) is 0 Å². The molecule has 1 heterocycles. The first-order valence-electron chi connectivity index (χ1n) is 8.43. The van der Waals surface area contributed by atoms with Crippen LogP contribution in [0.1, 0.15) is 24.1 Å². The molecule has 0 saturated heterocycles. The van der Waals surface area contributed by atoms with E-state index >= 15 is 0 Å². The fraction of sp³-hybridized carbons (Fsp3) is 0.316. The molecular weight excluding hydrogens is 337 g/mol. The highest BCUT2D eigenvalue weighted by atomic mass is 19.1. The molecular formula is C19H22FN3O3. The second-order valence-electron chi connectivity index (χ2n) is 5.85. The van der Waals surface area contributed by atoms with Crippen molar-refractivity contribution in [3.63, 3.8) is 0 Å². The molecule has 2 aromatic rings. The molecule has 26 heavy (non-hydrogen) atoms. The Hall–Kier alpha value is -2.96. The molecule has 0 fully saturated rings. The van der Waals surface area contributed by atoms with E-state index in [0.29, 0.717) is 25.9 Å². The number of hydrogen-bond acceptors (Lipinski definition) is 3. The van der Waals surface area contributed by atoms with E-state index in [1.165, 1.54) is 12.1 Å². The van der Waals surface area contributed by atoms with E-state index in [1.807, 2.05) is 18.2 Å². The Kier molecular flexibility index (Phi) is 7.54. The maximum Gasteiger partial charge on any atom is 0.317 e. The summed E-state index contributed by atoms with van der Waals surface area (Å²) in [6.45, 7) is 1.06. The third kappa shape index (κ3) is 6.88. The Morgan fingerprint density at radius 3 is 2.58 bits per heavy atom. The number of pyridine rings is 1. The number of halogens is 1. The molecule has 0 aliphatic rings. The molecule has 2 N–H and O–H groups in total. The Labute approximate surface area is 151 Å². The van der Waals surface area contributed by atoms with Crippen LogP contribution in [0.5, 0.6) is 0 Å². The number of rotatable bonds is 9. The standard InChI is InChI=1S/C19H22FN3O3/c20-16-8-6-15(7-9-16)14-23(13-10-17-4-1-2-11-21-17)19(26)22-12-3-5-18(24)25/h1-2,4,6-9,11H,3,5,10,12-14H2,(H,22,26)(H,24,25). The van der Waals surface area contributed by atoms with Crippen LogP contribution in [0.2, 0.25) is 0 Å². The third-order valence-electron chi connectivity index (χ3n) is 3.78. The molecule has 0 unspecified atom stereocenters. The van der Waals surface area contributed by atoms with Gasteiger partial charge in [-0.3, -0.25) is 9.78 Å². The molecule has 7 heteroatoms. The summed E-state index contributed by atoms with van der Waals surface area (Å²) in [7, 11) is 0. The van der Waals surface area contributed by atoms with Crippen LogP contribution in [-0.2, 0) is 17.8 Å². The lowest BCUT2D eigenvalue weighted by Gasteiger charge is -2.23. The number of nitrogens with zero attached hydrogens (tertiary/aromatic N) is 2. The minimum atomic E-state index is -0.891. The fourth-order valence-corrected chi connectivity index (χ4v) is 2.40. The number of nitrogens with one attached hydrogen (secondary N) is 1. The van der Waals surface area contributed by atoms with E-state index in [2.05, 4.69) is 10.3 Å². The van der Waals surface area contributed by atoms with Gasteiger partial charge in [-0.1, -0.05) is 18.2 Å². The van der Waals surface area contributed by atoms with Crippen LogP contribution in [0, 0.1) is 5.82 Å². The maximum absolute atomic E-state index is 13.1. The van der Waals surface area contributed by atoms with Crippen LogP contribution >= 0.6 is 0 Å². The van der Waals surface area contributed by atoms with Gasteiger partial charge in [-0.2, -0.15) is 0 Å². The summed E-state index contributed by atoms with van der Waals surface area (Å²) in [5.74, 6) is -1.22. The second kappa shape index (κ2) is 10.1. The summed E-state index contributed by atoms with van der Waals surface area (Å²) in [5.41, 5.74) is 1.68. The van der Waals surface area contributed by atoms with Gasteiger partial charge in [-0.05, 0) is 36.2 Å². The lowest BCUT2D eigenvalue weighted by atomic mass is 10.2. The normalized spacial score (nSPS) is 10.3. The van der Waals surface area contributed by atoms with Gasteiger partial charge < -0.3 is 15.3 Å². The van der Waals surface area contributed by atoms with Crippen molar-refractivity contribution in [2.24, 2.45) is 0 Å². The summed E-state index contributed by atoms with van der Waals surface area (Å²) >= 11 is 0. The van der Waals surface area contributed by atoms with Crippen molar-refractivity contribution in [1.29, 1.82) is 0 Å². The van der Waals surface area contributed by atoms with Crippen molar-refractivity contribution in [1.82, 2.24) is 15.2 Å². The Bertz CT molecular complexity index is 708. The Morgan fingerprint density at radius 1 is 1.15 bits per heavy atom. The van der Waals surface area contributed by atoms with E-state index < -0.39 is 5.97 Å². The molecule has 0 radical (unpaired) electrons. The zero-order valence-corrected chi connectivity index (χ0v) is 14.4. The van der Waals surface area contributed by atoms with Gasteiger partial charge in [-0.25, -0.2) is 9.18 Å². The smallest absolute Gasteiger partial charge is 0.317 e. The summed E-state index contributed by atoms with van der Waals surface area (Å²) in [5, 5.41) is 11.4. The van der Waals surface area contributed by atoms with Crippen LogP contribution in [0.3, 0.4) is 0 Å². The van der Waals surface area contributed by atoms with Crippen molar-refractivity contribution < 1.29 is 19.1 Å². The van der Waals surface area contributed by atoms with E-state index in [-0.39, 0.29) is 24.8 Å². The van der Waals surface area contributed by atoms with Crippen LogP contribution in [0.15, 0.2) is 48.7 Å². The van der Waals surface area contributed by atoms with E-state index in [0.717, 1.165) is 11.3 Å². The number of aliphatic carboxylic acids is 1. The highest BCUT2D eigenvalue weighted by molar-refractivity contribution is 5.74. The number of hydrogen-bond donors (Lipinski definition) is 2. The summed E-state index contributed by atoms with van der Waals surface area (Å²) in [4.78, 5) is 28.9. The van der Waals surface area contributed by atoms with E-state index in [9.17, 15) is 14.0 Å². The van der Waals surface area contributed by atoms with Crippen molar-refractivity contribution in [2.75, 3.05) is 13.1 Å². The van der Waals surface area contributed by atoms with Crippen molar-refractivity contribution in [2.45, 2.75) is 25.8 Å². The lowest BCUT2D eigenvalue weighted by Crippen LogP contribution is -2.41. The van der Waals surface area contributed by atoms with Gasteiger partial charge in [0.15, 0.2) is 0 Å². The highest BCUT2D eigenvalue weighted by Crippen LogP contribution is 2.08. The minimum absolute atomic E-state index is 0.00613. The number of carbonyl (C=O) groups excluding carboxylic acids is 1. The largest absolute Gasteiger partial charge is 0.481 e. The zero-order valence-electron chi connectivity index (χ0n) is 14.4. The molecule has 2 rings (SSSR count). The van der Waals surface area contributed by atoms with Crippen LogP contribution in [0.4, 0.5) is 9.18 Å². The molecule has 0 aliphatic heterocycles. The fourth-order valence-electron chi connectivity index (χ4n) is 2.40. The van der Waals surface area contributed by atoms with Gasteiger partial charge in [0.2, 0.25) is 0 Å². The number of urea groups is 1. The minimum Gasteiger partial charge on any atom is -0.481 e. The summed E-state index contributed by atoms with van der Waals surface area (Å²) in [6, 6.07) is 11.3. The van der Waals surface area contributed by atoms with Gasteiger partial charge in [-0.15, -0.1) is 0 Å². The molecule has 0 bridgehead atoms. The van der Waals surface area contributed by atoms with Crippen LogP contribution in [0.25, 0.3) is 0 Å². The quantitative estimate of drug-likeness (QED) is 0.675. The molecule has 138 valence electrons. The highest BCUT2D eigenvalue weighted by Gasteiger charge is 2.14. The molecule has 0 spiro atoms. The number of aromatic nitrogens is 1. The Balaban J connectivity index is 1.96. The first-order valence-corrected chi connectivity index (χ1v) is 8.43. The van der Waals surface area contributed by atoms with Gasteiger partial charge in [0.1, 0.15) is 5.82 Å².